The highest BCUT2D eigenvalue weighted by molar-refractivity contribution is 5.19. The molecule has 1 fully saturated rings. The lowest BCUT2D eigenvalue weighted by molar-refractivity contribution is 0.0120. The van der Waals surface area contributed by atoms with Crippen LogP contribution in [-0.2, 0) is 5.92 Å². The highest BCUT2D eigenvalue weighted by Crippen LogP contribution is 2.37. The van der Waals surface area contributed by atoms with E-state index in [-0.39, 0.29) is 11.7 Å². The highest BCUT2D eigenvalue weighted by atomic mass is 19.3. The van der Waals surface area contributed by atoms with Gasteiger partial charge in [0.1, 0.15) is 5.69 Å². The van der Waals surface area contributed by atoms with Gasteiger partial charge in [0.25, 0.3) is 5.92 Å². The molecule has 96 valence electrons. The third kappa shape index (κ3) is 2.50. The Balaban J connectivity index is 2.38. The van der Waals surface area contributed by atoms with Crippen molar-refractivity contribution in [3.8, 4) is 0 Å². The highest BCUT2D eigenvalue weighted by Gasteiger charge is 2.32. The van der Waals surface area contributed by atoms with Crippen LogP contribution in [-0.4, -0.2) is 9.78 Å². The lowest BCUT2D eigenvalue weighted by Crippen LogP contribution is -2.12. The van der Waals surface area contributed by atoms with Crippen LogP contribution in [0.25, 0.3) is 0 Å². The number of hydrogen-bond donors (Lipinski definition) is 0. The fourth-order valence-corrected chi connectivity index (χ4v) is 2.56. The molecule has 0 saturated heterocycles. The summed E-state index contributed by atoms with van der Waals surface area (Å²) in [6.07, 6.45) is 4.61. The van der Waals surface area contributed by atoms with Gasteiger partial charge in [-0.1, -0.05) is 12.8 Å². The zero-order chi connectivity index (χ0) is 12.6. The molecule has 0 N–H and O–H groups in total. The summed E-state index contributed by atoms with van der Waals surface area (Å²) in [5.41, 5.74) is 0.905. The van der Waals surface area contributed by atoms with Gasteiger partial charge in [0, 0.05) is 24.6 Å². The monoisotopic (exact) mass is 242 g/mol. The molecule has 0 atom stereocenters. The van der Waals surface area contributed by atoms with Crippen molar-refractivity contribution in [3.05, 3.63) is 17.5 Å². The zero-order valence-electron chi connectivity index (χ0n) is 10.7. The summed E-state index contributed by atoms with van der Waals surface area (Å²) >= 11 is 0. The number of rotatable bonds is 3. The molecule has 1 aromatic rings. The molecule has 0 aliphatic heterocycles. The number of alkyl halides is 2. The third-order valence-corrected chi connectivity index (χ3v) is 3.48. The average Bonchev–Trinajstić information content (AvgIpc) is 2.85. The van der Waals surface area contributed by atoms with Gasteiger partial charge in [-0.3, -0.25) is 4.68 Å². The standard InChI is InChI=1S/C13H20F2N2/c1-9(2)17-11(10-6-4-5-7-10)8-12(16-17)13(3,14)15/h8-10H,4-7H2,1-3H3. The van der Waals surface area contributed by atoms with Crippen molar-refractivity contribution in [2.45, 2.75) is 64.3 Å². The number of halogens is 2. The molecule has 4 heteroatoms. The van der Waals surface area contributed by atoms with E-state index >= 15 is 0 Å². The van der Waals surface area contributed by atoms with Crippen molar-refractivity contribution in [3.63, 3.8) is 0 Å². The molecule has 2 rings (SSSR count). The molecule has 0 unspecified atom stereocenters. The van der Waals surface area contributed by atoms with E-state index in [4.69, 9.17) is 0 Å². The van der Waals surface area contributed by atoms with Crippen LogP contribution in [0, 0.1) is 0 Å². The minimum Gasteiger partial charge on any atom is -0.266 e. The molecule has 1 heterocycles. The number of nitrogens with zero attached hydrogens (tertiary/aromatic N) is 2. The van der Waals surface area contributed by atoms with E-state index in [1.54, 1.807) is 10.7 Å². The maximum atomic E-state index is 13.3. The smallest absolute Gasteiger partial charge is 0.266 e. The van der Waals surface area contributed by atoms with E-state index in [0.29, 0.717) is 5.92 Å². The molecule has 17 heavy (non-hydrogen) atoms. The predicted octanol–water partition coefficient (Wildman–Crippen LogP) is 4.23. The summed E-state index contributed by atoms with van der Waals surface area (Å²) in [7, 11) is 0. The molecule has 0 amide bonds. The SMILES string of the molecule is CC(C)n1nc(C(C)(F)F)cc1C1CCCC1. The largest absolute Gasteiger partial charge is 0.288 e. The van der Waals surface area contributed by atoms with E-state index in [9.17, 15) is 8.78 Å². The first kappa shape index (κ1) is 12.5. The first-order valence-electron chi connectivity index (χ1n) is 6.37. The Morgan fingerprint density at radius 2 is 1.94 bits per heavy atom. The zero-order valence-corrected chi connectivity index (χ0v) is 10.7. The van der Waals surface area contributed by atoms with E-state index in [1.807, 2.05) is 13.8 Å². The van der Waals surface area contributed by atoms with E-state index in [0.717, 1.165) is 25.5 Å². The molecule has 2 nitrogen and oxygen atoms in total. The lowest BCUT2D eigenvalue weighted by Gasteiger charge is -2.15. The molecule has 1 aliphatic rings. The minimum atomic E-state index is -2.84. The average molecular weight is 242 g/mol. The summed E-state index contributed by atoms with van der Waals surface area (Å²) in [6.45, 7) is 4.89. The second-order valence-electron chi connectivity index (χ2n) is 5.36. The molecule has 0 radical (unpaired) electrons. The van der Waals surface area contributed by atoms with Crippen molar-refractivity contribution >= 4 is 0 Å². The van der Waals surface area contributed by atoms with Gasteiger partial charge in [0.05, 0.1) is 0 Å². The second-order valence-corrected chi connectivity index (χ2v) is 5.36. The predicted molar refractivity (Wildman–Crippen MR) is 63.4 cm³/mol. The fraction of sp³-hybridized carbons (Fsp3) is 0.769. The number of hydrogen-bond acceptors (Lipinski definition) is 1. The van der Waals surface area contributed by atoms with Crippen LogP contribution in [0.1, 0.15) is 69.8 Å². The summed E-state index contributed by atoms with van der Waals surface area (Å²) in [4.78, 5) is 0. The molecular weight excluding hydrogens is 222 g/mol. The molecule has 0 bridgehead atoms. The molecule has 0 aromatic carbocycles. The van der Waals surface area contributed by atoms with Crippen molar-refractivity contribution < 1.29 is 8.78 Å². The van der Waals surface area contributed by atoms with Crippen LogP contribution in [0.3, 0.4) is 0 Å². The number of aromatic nitrogens is 2. The van der Waals surface area contributed by atoms with Crippen LogP contribution in [0.15, 0.2) is 6.07 Å². The van der Waals surface area contributed by atoms with Crippen LogP contribution in [0.4, 0.5) is 8.78 Å². The fourth-order valence-electron chi connectivity index (χ4n) is 2.56. The summed E-state index contributed by atoms with van der Waals surface area (Å²) < 4.78 is 28.4. The Hall–Kier alpha value is -0.930. The van der Waals surface area contributed by atoms with Crippen LogP contribution >= 0.6 is 0 Å². The van der Waals surface area contributed by atoms with Gasteiger partial charge in [-0.05, 0) is 32.8 Å². The Bertz CT molecular complexity index is 385. The van der Waals surface area contributed by atoms with Gasteiger partial charge in [0.15, 0.2) is 0 Å². The van der Waals surface area contributed by atoms with E-state index in [1.165, 1.54) is 12.8 Å². The molecule has 1 aromatic heterocycles. The maximum absolute atomic E-state index is 13.3. The van der Waals surface area contributed by atoms with Gasteiger partial charge >= 0.3 is 0 Å². The summed E-state index contributed by atoms with van der Waals surface area (Å²) in [6, 6.07) is 1.75. The topological polar surface area (TPSA) is 17.8 Å². The molecular formula is C13H20F2N2. The first-order valence-corrected chi connectivity index (χ1v) is 6.37. The Morgan fingerprint density at radius 1 is 1.35 bits per heavy atom. The quantitative estimate of drug-likeness (QED) is 0.775. The van der Waals surface area contributed by atoms with Crippen LogP contribution < -0.4 is 0 Å². The van der Waals surface area contributed by atoms with Gasteiger partial charge < -0.3 is 0 Å². The van der Waals surface area contributed by atoms with E-state index in [2.05, 4.69) is 5.10 Å². The van der Waals surface area contributed by atoms with E-state index < -0.39 is 5.92 Å². The molecule has 1 aliphatic carbocycles. The van der Waals surface area contributed by atoms with Crippen LogP contribution in [0.5, 0.6) is 0 Å². The Kier molecular flexibility index (Phi) is 3.23. The van der Waals surface area contributed by atoms with Crippen LogP contribution in [0.2, 0.25) is 0 Å². The molecule has 1 saturated carbocycles. The third-order valence-electron chi connectivity index (χ3n) is 3.48. The van der Waals surface area contributed by atoms with Crippen molar-refractivity contribution in [2.75, 3.05) is 0 Å². The van der Waals surface area contributed by atoms with Gasteiger partial charge in [-0.15, -0.1) is 0 Å². The second kappa shape index (κ2) is 4.39. The normalized spacial score (nSPS) is 18.2. The summed E-state index contributed by atoms with van der Waals surface area (Å²) in [5.74, 6) is -2.42. The van der Waals surface area contributed by atoms with Crippen molar-refractivity contribution in [1.82, 2.24) is 9.78 Å². The van der Waals surface area contributed by atoms with Crippen molar-refractivity contribution in [2.24, 2.45) is 0 Å². The first-order chi connectivity index (χ1) is 7.89. The lowest BCUT2D eigenvalue weighted by atomic mass is 10.0. The van der Waals surface area contributed by atoms with Gasteiger partial charge in [-0.25, -0.2) is 0 Å². The Morgan fingerprint density at radius 3 is 2.41 bits per heavy atom. The van der Waals surface area contributed by atoms with Gasteiger partial charge in [-0.2, -0.15) is 13.9 Å². The minimum absolute atomic E-state index is 0.0897. The maximum Gasteiger partial charge on any atom is 0.288 e. The molecule has 0 spiro atoms. The summed E-state index contributed by atoms with van der Waals surface area (Å²) in [5, 5.41) is 4.09. The van der Waals surface area contributed by atoms with Crippen molar-refractivity contribution in [1.29, 1.82) is 0 Å². The Labute approximate surface area is 101 Å². The van der Waals surface area contributed by atoms with Gasteiger partial charge in [0.2, 0.25) is 0 Å².